The number of carbonyl (C=O) groups excluding carboxylic acids is 2. The second-order valence-electron chi connectivity index (χ2n) is 7.74. The van der Waals surface area contributed by atoms with E-state index in [1.165, 1.54) is 0 Å². The third-order valence-corrected chi connectivity index (χ3v) is 5.20. The molecule has 2 aromatic rings. The summed E-state index contributed by atoms with van der Waals surface area (Å²) in [6, 6.07) is 17.0. The minimum absolute atomic E-state index is 0.0528. The van der Waals surface area contributed by atoms with E-state index >= 15 is 0 Å². The summed E-state index contributed by atoms with van der Waals surface area (Å²) in [4.78, 5) is 29.6. The Labute approximate surface area is 172 Å². The highest BCUT2D eigenvalue weighted by Gasteiger charge is 2.31. The number of alkyl carbamates (subject to hydrolysis) is 1. The monoisotopic (exact) mass is 395 g/mol. The molecule has 1 aliphatic rings. The van der Waals surface area contributed by atoms with Crippen molar-refractivity contribution in [2.45, 2.75) is 33.0 Å². The molecule has 3 rings (SSSR count). The molecule has 1 aliphatic heterocycles. The van der Waals surface area contributed by atoms with E-state index in [1.54, 1.807) is 0 Å². The third-order valence-electron chi connectivity index (χ3n) is 5.20. The highest BCUT2D eigenvalue weighted by molar-refractivity contribution is 5.86. The molecule has 0 aliphatic carbocycles. The van der Waals surface area contributed by atoms with Gasteiger partial charge in [0.15, 0.2) is 0 Å². The van der Waals surface area contributed by atoms with Gasteiger partial charge in [0.05, 0.1) is 0 Å². The van der Waals surface area contributed by atoms with E-state index < -0.39 is 12.1 Å². The fourth-order valence-corrected chi connectivity index (χ4v) is 3.48. The average Bonchev–Trinajstić information content (AvgIpc) is 2.90. The lowest BCUT2D eigenvalue weighted by molar-refractivity contribution is -0.134. The Hall–Kier alpha value is -3.02. The fourth-order valence-electron chi connectivity index (χ4n) is 3.48. The summed E-state index contributed by atoms with van der Waals surface area (Å²) in [7, 11) is 2.03. The molecule has 6 nitrogen and oxygen atoms in total. The van der Waals surface area contributed by atoms with Crippen molar-refractivity contribution in [1.82, 2.24) is 10.2 Å². The molecule has 0 spiro atoms. The largest absolute Gasteiger partial charge is 0.445 e. The second kappa shape index (κ2) is 9.45. The van der Waals surface area contributed by atoms with Crippen LogP contribution in [0.1, 0.15) is 25.0 Å². The minimum atomic E-state index is -0.631. The van der Waals surface area contributed by atoms with Crippen LogP contribution in [0.3, 0.4) is 0 Å². The Morgan fingerprint density at radius 2 is 1.72 bits per heavy atom. The number of nitrogens with zero attached hydrogens (tertiary/aromatic N) is 2. The first-order valence-corrected chi connectivity index (χ1v) is 10.0. The summed E-state index contributed by atoms with van der Waals surface area (Å²) >= 11 is 0. The molecule has 0 unspecified atom stereocenters. The van der Waals surface area contributed by atoms with Crippen LogP contribution in [0.5, 0.6) is 0 Å². The standard InChI is InChI=1S/C23H29N3O3/c1-17(2)21(24-23(28)29-16-18-9-5-4-6-10-18)22(27)26-14-13-25(3)20-12-8-7-11-19(20)15-26/h4-12,17,21H,13-16H2,1-3H3,(H,24,28)/t21-/m0/s1. The first-order chi connectivity index (χ1) is 14.0. The molecule has 2 amide bonds. The van der Waals surface area contributed by atoms with E-state index in [-0.39, 0.29) is 18.4 Å². The zero-order valence-corrected chi connectivity index (χ0v) is 17.3. The molecule has 29 heavy (non-hydrogen) atoms. The van der Waals surface area contributed by atoms with Crippen LogP contribution in [-0.4, -0.2) is 43.1 Å². The van der Waals surface area contributed by atoms with Crippen molar-refractivity contribution in [2.24, 2.45) is 5.92 Å². The number of likely N-dealkylation sites (N-methyl/N-ethyl adjacent to an activating group) is 1. The number of ether oxygens (including phenoxy) is 1. The number of nitrogens with one attached hydrogen (secondary N) is 1. The summed E-state index contributed by atoms with van der Waals surface area (Å²) < 4.78 is 5.32. The maximum absolute atomic E-state index is 13.3. The highest BCUT2D eigenvalue weighted by Crippen LogP contribution is 2.24. The lowest BCUT2D eigenvalue weighted by Crippen LogP contribution is -2.51. The van der Waals surface area contributed by atoms with E-state index in [2.05, 4.69) is 16.3 Å². The average molecular weight is 396 g/mol. The van der Waals surface area contributed by atoms with Crippen LogP contribution in [0.15, 0.2) is 54.6 Å². The molecule has 0 saturated carbocycles. The summed E-state index contributed by atoms with van der Waals surface area (Å²) in [5.41, 5.74) is 3.15. The normalized spacial score (nSPS) is 14.8. The van der Waals surface area contributed by atoms with Crippen LogP contribution in [0.2, 0.25) is 0 Å². The summed E-state index contributed by atoms with van der Waals surface area (Å²) in [5, 5.41) is 2.77. The molecule has 0 aromatic heterocycles. The number of carbonyl (C=O) groups is 2. The van der Waals surface area contributed by atoms with E-state index in [0.29, 0.717) is 13.1 Å². The van der Waals surface area contributed by atoms with Crippen LogP contribution in [0.4, 0.5) is 10.5 Å². The zero-order valence-electron chi connectivity index (χ0n) is 17.3. The van der Waals surface area contributed by atoms with Crippen LogP contribution in [0.25, 0.3) is 0 Å². The van der Waals surface area contributed by atoms with Gasteiger partial charge in [0, 0.05) is 32.4 Å². The van der Waals surface area contributed by atoms with Gasteiger partial charge in [-0.2, -0.15) is 0 Å². The van der Waals surface area contributed by atoms with Gasteiger partial charge in [0.2, 0.25) is 5.91 Å². The van der Waals surface area contributed by atoms with Gasteiger partial charge in [-0.25, -0.2) is 4.79 Å². The van der Waals surface area contributed by atoms with Gasteiger partial charge >= 0.3 is 6.09 Å². The van der Waals surface area contributed by atoms with Gasteiger partial charge in [0.1, 0.15) is 12.6 Å². The predicted molar refractivity (Wildman–Crippen MR) is 114 cm³/mol. The minimum Gasteiger partial charge on any atom is -0.445 e. The number of amides is 2. The molecule has 0 bridgehead atoms. The Balaban J connectivity index is 1.65. The van der Waals surface area contributed by atoms with E-state index in [0.717, 1.165) is 23.4 Å². The van der Waals surface area contributed by atoms with Gasteiger partial charge in [0.25, 0.3) is 0 Å². The first kappa shape index (κ1) is 20.7. The molecule has 154 valence electrons. The van der Waals surface area contributed by atoms with Crippen molar-refractivity contribution in [3.63, 3.8) is 0 Å². The van der Waals surface area contributed by atoms with Crippen molar-refractivity contribution in [2.75, 3.05) is 25.0 Å². The number of rotatable bonds is 5. The lowest BCUT2D eigenvalue weighted by atomic mass is 10.0. The number of benzene rings is 2. The Bertz CT molecular complexity index is 838. The van der Waals surface area contributed by atoms with E-state index in [9.17, 15) is 9.59 Å². The van der Waals surface area contributed by atoms with Crippen LogP contribution in [-0.2, 0) is 22.7 Å². The van der Waals surface area contributed by atoms with Gasteiger partial charge in [-0.05, 0) is 23.1 Å². The summed E-state index contributed by atoms with van der Waals surface area (Å²) in [6.45, 7) is 5.91. The summed E-state index contributed by atoms with van der Waals surface area (Å²) in [6.07, 6.45) is -0.576. The maximum Gasteiger partial charge on any atom is 0.408 e. The molecule has 1 N–H and O–H groups in total. The number of fused-ring (bicyclic) bond motifs is 1. The molecule has 1 atom stereocenters. The number of hydrogen-bond donors (Lipinski definition) is 1. The molecule has 0 saturated heterocycles. The third kappa shape index (κ3) is 5.28. The van der Waals surface area contributed by atoms with Gasteiger partial charge in [-0.3, -0.25) is 4.79 Å². The zero-order chi connectivity index (χ0) is 20.8. The van der Waals surface area contributed by atoms with E-state index in [4.69, 9.17) is 4.74 Å². The van der Waals surface area contributed by atoms with Gasteiger partial charge in [-0.1, -0.05) is 62.4 Å². The van der Waals surface area contributed by atoms with Crippen molar-refractivity contribution >= 4 is 17.7 Å². The van der Waals surface area contributed by atoms with Gasteiger partial charge in [-0.15, -0.1) is 0 Å². The molecular weight excluding hydrogens is 366 g/mol. The van der Waals surface area contributed by atoms with Crippen LogP contribution >= 0.6 is 0 Å². The predicted octanol–water partition coefficient (Wildman–Crippen LogP) is 3.42. The molecule has 0 radical (unpaired) electrons. The Morgan fingerprint density at radius 3 is 2.45 bits per heavy atom. The van der Waals surface area contributed by atoms with E-state index in [1.807, 2.05) is 74.3 Å². The van der Waals surface area contributed by atoms with Gasteiger partial charge < -0.3 is 19.9 Å². The number of anilines is 1. The molecule has 1 heterocycles. The second-order valence-corrected chi connectivity index (χ2v) is 7.74. The Kier molecular flexibility index (Phi) is 6.75. The van der Waals surface area contributed by atoms with Crippen molar-refractivity contribution in [3.8, 4) is 0 Å². The fraction of sp³-hybridized carbons (Fsp3) is 0.391. The van der Waals surface area contributed by atoms with Crippen LogP contribution < -0.4 is 10.2 Å². The highest BCUT2D eigenvalue weighted by atomic mass is 16.5. The number of hydrogen-bond acceptors (Lipinski definition) is 4. The maximum atomic E-state index is 13.3. The molecule has 6 heteroatoms. The van der Waals surface area contributed by atoms with Crippen LogP contribution in [0, 0.1) is 5.92 Å². The first-order valence-electron chi connectivity index (χ1n) is 10.0. The van der Waals surface area contributed by atoms with Crippen molar-refractivity contribution in [3.05, 3.63) is 65.7 Å². The van der Waals surface area contributed by atoms with Crippen molar-refractivity contribution < 1.29 is 14.3 Å². The summed E-state index contributed by atoms with van der Waals surface area (Å²) in [5.74, 6) is -0.134. The SMILES string of the molecule is CC(C)[C@H](NC(=O)OCc1ccccc1)C(=O)N1CCN(C)c2ccccc2C1. The Morgan fingerprint density at radius 1 is 1.03 bits per heavy atom. The molecular formula is C23H29N3O3. The molecule has 0 fully saturated rings. The topological polar surface area (TPSA) is 61.9 Å². The number of para-hydroxylation sites is 1. The lowest BCUT2D eigenvalue weighted by Gasteiger charge is -2.28. The quantitative estimate of drug-likeness (QED) is 0.843. The molecule has 2 aromatic carbocycles. The smallest absolute Gasteiger partial charge is 0.408 e. The van der Waals surface area contributed by atoms with Crippen molar-refractivity contribution in [1.29, 1.82) is 0 Å².